The van der Waals surface area contributed by atoms with Crippen LogP contribution in [0.2, 0.25) is 0 Å². The van der Waals surface area contributed by atoms with Crippen molar-refractivity contribution >= 4 is 0 Å². The van der Waals surface area contributed by atoms with Gasteiger partial charge in [-0.1, -0.05) is 13.8 Å². The van der Waals surface area contributed by atoms with Gasteiger partial charge in [-0.2, -0.15) is 0 Å². The van der Waals surface area contributed by atoms with Crippen molar-refractivity contribution in [1.82, 2.24) is 25.5 Å². The Morgan fingerprint density at radius 2 is 2.05 bits per heavy atom. The smallest absolute Gasteiger partial charge is 0.167 e. The summed E-state index contributed by atoms with van der Waals surface area (Å²) >= 11 is 0. The average Bonchev–Trinajstić information content (AvgIpc) is 3.25. The Hall–Kier alpha value is -0.970. The number of tetrazole rings is 1. The highest BCUT2D eigenvalue weighted by Crippen LogP contribution is 2.62. The van der Waals surface area contributed by atoms with Crippen molar-refractivity contribution in [2.24, 2.45) is 17.3 Å². The van der Waals surface area contributed by atoms with Gasteiger partial charge in [-0.05, 0) is 66.8 Å². The molecule has 1 aromatic heterocycles. The number of nitrogens with one attached hydrogen (secondary N) is 1. The van der Waals surface area contributed by atoms with Crippen LogP contribution in [-0.2, 0) is 6.54 Å². The third-order valence-electron chi connectivity index (χ3n) is 4.58. The van der Waals surface area contributed by atoms with E-state index in [9.17, 15) is 0 Å². The summed E-state index contributed by atoms with van der Waals surface area (Å²) in [7, 11) is 0. The standard InChI is InChI=1S/C14H25N5/c1-10(2)8-15-11(3)13-16-17-18-19(13)9-14(6-7-14)12-4-5-12/h10-12,15H,4-9H2,1-3H3. The van der Waals surface area contributed by atoms with Crippen molar-refractivity contribution in [2.75, 3.05) is 6.54 Å². The fraction of sp³-hybridized carbons (Fsp3) is 0.929. The maximum absolute atomic E-state index is 4.23. The van der Waals surface area contributed by atoms with E-state index in [0.717, 1.165) is 24.8 Å². The van der Waals surface area contributed by atoms with Crippen molar-refractivity contribution in [1.29, 1.82) is 0 Å². The van der Waals surface area contributed by atoms with Crippen molar-refractivity contribution in [3.8, 4) is 0 Å². The molecule has 2 aliphatic carbocycles. The molecule has 0 aromatic carbocycles. The van der Waals surface area contributed by atoms with Gasteiger partial charge in [0.05, 0.1) is 12.6 Å². The molecule has 2 fully saturated rings. The van der Waals surface area contributed by atoms with E-state index in [4.69, 9.17) is 0 Å². The maximum Gasteiger partial charge on any atom is 0.167 e. The molecule has 1 heterocycles. The zero-order valence-electron chi connectivity index (χ0n) is 12.3. The van der Waals surface area contributed by atoms with Crippen LogP contribution in [0.25, 0.3) is 0 Å². The van der Waals surface area contributed by atoms with Crippen LogP contribution in [0, 0.1) is 17.3 Å². The van der Waals surface area contributed by atoms with Gasteiger partial charge in [-0.25, -0.2) is 4.68 Å². The van der Waals surface area contributed by atoms with Gasteiger partial charge in [-0.15, -0.1) is 5.10 Å². The normalized spacial score (nSPS) is 22.7. The highest BCUT2D eigenvalue weighted by molar-refractivity contribution is 5.04. The Balaban J connectivity index is 1.64. The zero-order chi connectivity index (χ0) is 13.5. The van der Waals surface area contributed by atoms with E-state index in [1.165, 1.54) is 25.7 Å². The second kappa shape index (κ2) is 4.85. The van der Waals surface area contributed by atoms with E-state index >= 15 is 0 Å². The zero-order valence-corrected chi connectivity index (χ0v) is 12.3. The summed E-state index contributed by atoms with van der Waals surface area (Å²) in [5, 5.41) is 15.8. The van der Waals surface area contributed by atoms with Crippen LogP contribution < -0.4 is 5.32 Å². The molecule has 106 valence electrons. The fourth-order valence-corrected chi connectivity index (χ4v) is 2.99. The summed E-state index contributed by atoms with van der Waals surface area (Å²) in [5.74, 6) is 2.59. The van der Waals surface area contributed by atoms with E-state index in [-0.39, 0.29) is 6.04 Å². The molecule has 0 aliphatic heterocycles. The summed E-state index contributed by atoms with van der Waals surface area (Å²) in [6.07, 6.45) is 5.56. The van der Waals surface area contributed by atoms with Gasteiger partial charge in [0.15, 0.2) is 5.82 Å². The van der Waals surface area contributed by atoms with Crippen molar-refractivity contribution < 1.29 is 0 Å². The largest absolute Gasteiger partial charge is 0.307 e. The van der Waals surface area contributed by atoms with Crippen LogP contribution in [0.1, 0.15) is 58.3 Å². The first-order valence-corrected chi connectivity index (χ1v) is 7.60. The molecular weight excluding hydrogens is 238 g/mol. The maximum atomic E-state index is 4.23. The lowest BCUT2D eigenvalue weighted by Gasteiger charge is -2.18. The van der Waals surface area contributed by atoms with Gasteiger partial charge in [0.25, 0.3) is 0 Å². The Morgan fingerprint density at radius 3 is 2.63 bits per heavy atom. The molecule has 0 radical (unpaired) electrons. The Kier molecular flexibility index (Phi) is 3.33. The lowest BCUT2D eigenvalue weighted by Crippen LogP contribution is -2.27. The molecule has 1 atom stereocenters. The average molecular weight is 263 g/mol. The Labute approximate surface area is 115 Å². The van der Waals surface area contributed by atoms with Crippen LogP contribution >= 0.6 is 0 Å². The fourth-order valence-electron chi connectivity index (χ4n) is 2.99. The summed E-state index contributed by atoms with van der Waals surface area (Å²) in [6, 6.07) is 0.229. The molecule has 5 heteroatoms. The molecule has 0 amide bonds. The highest BCUT2D eigenvalue weighted by Gasteiger charge is 2.54. The number of nitrogens with zero attached hydrogens (tertiary/aromatic N) is 4. The van der Waals surface area contributed by atoms with E-state index in [0.29, 0.717) is 11.3 Å². The molecule has 1 N–H and O–H groups in total. The molecule has 0 saturated heterocycles. The van der Waals surface area contributed by atoms with Gasteiger partial charge in [0, 0.05) is 0 Å². The molecule has 2 saturated carbocycles. The minimum atomic E-state index is 0.229. The van der Waals surface area contributed by atoms with Gasteiger partial charge < -0.3 is 5.32 Å². The summed E-state index contributed by atoms with van der Waals surface area (Å²) < 4.78 is 2.04. The second-order valence-corrected chi connectivity index (χ2v) is 6.86. The summed E-state index contributed by atoms with van der Waals surface area (Å²) in [4.78, 5) is 0. The molecule has 1 aromatic rings. The first kappa shape index (κ1) is 13.0. The van der Waals surface area contributed by atoms with Gasteiger partial charge in [0.2, 0.25) is 0 Å². The number of aromatic nitrogens is 4. The number of hydrogen-bond donors (Lipinski definition) is 1. The third-order valence-corrected chi connectivity index (χ3v) is 4.58. The lowest BCUT2D eigenvalue weighted by molar-refractivity contribution is 0.330. The number of hydrogen-bond acceptors (Lipinski definition) is 4. The van der Waals surface area contributed by atoms with Crippen LogP contribution in [0.3, 0.4) is 0 Å². The molecule has 3 rings (SSSR count). The molecule has 5 nitrogen and oxygen atoms in total. The van der Waals surface area contributed by atoms with Crippen molar-refractivity contribution in [3.05, 3.63) is 5.82 Å². The van der Waals surface area contributed by atoms with Gasteiger partial charge >= 0.3 is 0 Å². The predicted octanol–water partition coefficient (Wildman–Crippen LogP) is 2.17. The van der Waals surface area contributed by atoms with E-state index in [2.05, 4.69) is 41.6 Å². The minimum absolute atomic E-state index is 0.229. The van der Waals surface area contributed by atoms with Crippen LogP contribution in [0.5, 0.6) is 0 Å². The van der Waals surface area contributed by atoms with Crippen LogP contribution in [0.15, 0.2) is 0 Å². The number of rotatable bonds is 7. The molecule has 19 heavy (non-hydrogen) atoms. The van der Waals surface area contributed by atoms with E-state index in [1.54, 1.807) is 0 Å². The predicted molar refractivity (Wildman–Crippen MR) is 73.5 cm³/mol. The van der Waals surface area contributed by atoms with Crippen molar-refractivity contribution in [2.45, 2.75) is 59.0 Å². The topological polar surface area (TPSA) is 55.6 Å². The molecule has 0 spiro atoms. The monoisotopic (exact) mass is 263 g/mol. The summed E-state index contributed by atoms with van der Waals surface area (Å²) in [5.41, 5.74) is 0.544. The third kappa shape index (κ3) is 2.81. The van der Waals surface area contributed by atoms with Gasteiger partial charge in [0.1, 0.15) is 0 Å². The Bertz CT molecular complexity index is 431. The SMILES string of the molecule is CC(C)CNC(C)c1nnnn1CC1(C2CC2)CC1. The minimum Gasteiger partial charge on any atom is -0.307 e. The van der Waals surface area contributed by atoms with Crippen LogP contribution in [-0.4, -0.2) is 26.8 Å². The lowest BCUT2D eigenvalue weighted by atomic mass is 10.0. The molecule has 0 bridgehead atoms. The van der Waals surface area contributed by atoms with Gasteiger partial charge in [-0.3, -0.25) is 0 Å². The van der Waals surface area contributed by atoms with E-state index in [1.807, 2.05) is 4.68 Å². The molecule has 2 aliphatic rings. The first-order chi connectivity index (χ1) is 9.11. The first-order valence-electron chi connectivity index (χ1n) is 7.60. The Morgan fingerprint density at radius 1 is 1.32 bits per heavy atom. The highest BCUT2D eigenvalue weighted by atomic mass is 15.5. The van der Waals surface area contributed by atoms with Crippen LogP contribution in [0.4, 0.5) is 0 Å². The quantitative estimate of drug-likeness (QED) is 0.819. The molecular formula is C14H25N5. The van der Waals surface area contributed by atoms with Crippen molar-refractivity contribution in [3.63, 3.8) is 0 Å². The van der Waals surface area contributed by atoms with E-state index < -0.39 is 0 Å². The molecule has 1 unspecified atom stereocenters. The summed E-state index contributed by atoms with van der Waals surface area (Å²) in [6.45, 7) is 8.61. The second-order valence-electron chi connectivity index (χ2n) is 6.86.